The van der Waals surface area contributed by atoms with E-state index in [-0.39, 0.29) is 6.10 Å². The molecule has 1 aromatic carbocycles. The van der Waals surface area contributed by atoms with Crippen LogP contribution in [-0.2, 0) is 4.74 Å². The van der Waals surface area contributed by atoms with Crippen LogP contribution in [0.3, 0.4) is 0 Å². The van der Waals surface area contributed by atoms with Gasteiger partial charge in [0.1, 0.15) is 0 Å². The Morgan fingerprint density at radius 2 is 2.08 bits per heavy atom. The molecule has 0 amide bonds. The molecule has 0 radical (unpaired) electrons. The van der Waals surface area contributed by atoms with Gasteiger partial charge in [0.2, 0.25) is 0 Å². The van der Waals surface area contributed by atoms with Gasteiger partial charge in [0.25, 0.3) is 0 Å². The molecule has 1 saturated heterocycles. The largest absolute Gasteiger partial charge is 0.371 e. The highest BCUT2D eigenvalue weighted by atomic mass is 16.5. The summed E-state index contributed by atoms with van der Waals surface area (Å²) in [5, 5.41) is 3.31. The predicted molar refractivity (Wildman–Crippen MR) is 48.0 cm³/mol. The van der Waals surface area contributed by atoms with Crippen molar-refractivity contribution in [3.05, 3.63) is 35.9 Å². The fourth-order valence-corrected chi connectivity index (χ4v) is 1.45. The van der Waals surface area contributed by atoms with Gasteiger partial charge in [0.05, 0.1) is 12.7 Å². The third-order valence-electron chi connectivity index (χ3n) is 2.10. The van der Waals surface area contributed by atoms with Crippen LogP contribution in [0.4, 0.5) is 0 Å². The van der Waals surface area contributed by atoms with Gasteiger partial charge < -0.3 is 10.1 Å². The molecule has 12 heavy (non-hydrogen) atoms. The molecule has 64 valence electrons. The van der Waals surface area contributed by atoms with Gasteiger partial charge in [-0.05, 0) is 5.56 Å². The number of rotatable bonds is 1. The number of hydrogen-bond acceptors (Lipinski definition) is 2. The molecule has 1 heterocycles. The molecule has 0 saturated carbocycles. The van der Waals surface area contributed by atoms with Crippen LogP contribution in [0.15, 0.2) is 30.3 Å². The lowest BCUT2D eigenvalue weighted by atomic mass is 10.1. The van der Waals surface area contributed by atoms with Crippen LogP contribution in [0.25, 0.3) is 0 Å². The van der Waals surface area contributed by atoms with Crippen molar-refractivity contribution in [2.75, 3.05) is 19.7 Å². The fourth-order valence-electron chi connectivity index (χ4n) is 1.45. The molecule has 0 bridgehead atoms. The molecule has 2 nitrogen and oxygen atoms in total. The fraction of sp³-hybridized carbons (Fsp3) is 0.400. The monoisotopic (exact) mass is 163 g/mol. The van der Waals surface area contributed by atoms with Crippen molar-refractivity contribution in [2.45, 2.75) is 6.10 Å². The van der Waals surface area contributed by atoms with Gasteiger partial charge in [-0.15, -0.1) is 0 Å². The standard InChI is InChI=1S/C10H13NO/c1-2-4-9(5-3-1)10-8-11-6-7-12-10/h1-5,10-11H,6-8H2/t10-/m0/s1. The minimum Gasteiger partial charge on any atom is -0.371 e. The van der Waals surface area contributed by atoms with Crippen LogP contribution in [0.1, 0.15) is 11.7 Å². The van der Waals surface area contributed by atoms with Gasteiger partial charge in [-0.1, -0.05) is 30.3 Å². The first-order valence-electron chi connectivity index (χ1n) is 4.34. The number of benzene rings is 1. The van der Waals surface area contributed by atoms with Crippen molar-refractivity contribution >= 4 is 0 Å². The lowest BCUT2D eigenvalue weighted by Gasteiger charge is -2.23. The first-order chi connectivity index (χ1) is 5.97. The van der Waals surface area contributed by atoms with E-state index in [0.717, 1.165) is 19.7 Å². The van der Waals surface area contributed by atoms with Crippen molar-refractivity contribution in [1.29, 1.82) is 0 Å². The van der Waals surface area contributed by atoms with E-state index in [9.17, 15) is 0 Å². The maximum atomic E-state index is 5.60. The molecule has 1 atom stereocenters. The third kappa shape index (κ3) is 1.65. The van der Waals surface area contributed by atoms with E-state index in [2.05, 4.69) is 17.4 Å². The highest BCUT2D eigenvalue weighted by Crippen LogP contribution is 2.17. The van der Waals surface area contributed by atoms with Crippen LogP contribution in [0.5, 0.6) is 0 Å². The van der Waals surface area contributed by atoms with Crippen LogP contribution in [0.2, 0.25) is 0 Å². The second-order valence-corrected chi connectivity index (χ2v) is 2.97. The Morgan fingerprint density at radius 1 is 1.25 bits per heavy atom. The van der Waals surface area contributed by atoms with E-state index in [4.69, 9.17) is 4.74 Å². The lowest BCUT2D eigenvalue weighted by Crippen LogP contribution is -2.33. The molecule has 0 aliphatic carbocycles. The lowest BCUT2D eigenvalue weighted by molar-refractivity contribution is 0.0277. The Morgan fingerprint density at radius 3 is 2.75 bits per heavy atom. The summed E-state index contributed by atoms with van der Waals surface area (Å²) >= 11 is 0. The van der Waals surface area contributed by atoms with Crippen LogP contribution in [0, 0.1) is 0 Å². The summed E-state index contributed by atoms with van der Waals surface area (Å²) in [6.07, 6.45) is 0.250. The van der Waals surface area contributed by atoms with Crippen molar-refractivity contribution in [2.24, 2.45) is 0 Å². The quantitative estimate of drug-likeness (QED) is 0.674. The predicted octanol–water partition coefficient (Wildman–Crippen LogP) is 1.35. The van der Waals surface area contributed by atoms with Crippen molar-refractivity contribution in [3.63, 3.8) is 0 Å². The molecular weight excluding hydrogens is 150 g/mol. The average Bonchev–Trinajstić information content (AvgIpc) is 2.21. The summed E-state index contributed by atoms with van der Waals surface area (Å²) in [7, 11) is 0. The highest BCUT2D eigenvalue weighted by molar-refractivity contribution is 5.18. The van der Waals surface area contributed by atoms with Gasteiger partial charge in [0.15, 0.2) is 0 Å². The maximum Gasteiger partial charge on any atom is 0.0949 e. The van der Waals surface area contributed by atoms with E-state index in [1.807, 2.05) is 18.2 Å². The third-order valence-corrected chi connectivity index (χ3v) is 2.10. The number of nitrogens with one attached hydrogen (secondary N) is 1. The zero-order valence-electron chi connectivity index (χ0n) is 6.99. The Labute approximate surface area is 72.5 Å². The van der Waals surface area contributed by atoms with E-state index in [0.29, 0.717) is 0 Å². The normalized spacial score (nSPS) is 23.8. The molecule has 0 unspecified atom stereocenters. The van der Waals surface area contributed by atoms with Crippen molar-refractivity contribution in [3.8, 4) is 0 Å². The average molecular weight is 163 g/mol. The van der Waals surface area contributed by atoms with Gasteiger partial charge in [-0.2, -0.15) is 0 Å². The van der Waals surface area contributed by atoms with E-state index < -0.39 is 0 Å². The van der Waals surface area contributed by atoms with Gasteiger partial charge in [0, 0.05) is 13.1 Å². The number of morpholine rings is 1. The van der Waals surface area contributed by atoms with E-state index >= 15 is 0 Å². The summed E-state index contributed by atoms with van der Waals surface area (Å²) in [6.45, 7) is 2.73. The summed E-state index contributed by atoms with van der Waals surface area (Å²) in [4.78, 5) is 0. The zero-order valence-corrected chi connectivity index (χ0v) is 6.99. The first kappa shape index (κ1) is 7.77. The maximum absolute atomic E-state index is 5.60. The van der Waals surface area contributed by atoms with E-state index in [1.165, 1.54) is 5.56 Å². The molecular formula is C10H13NO. The molecule has 1 fully saturated rings. The van der Waals surface area contributed by atoms with Gasteiger partial charge in [-0.3, -0.25) is 0 Å². The molecule has 1 N–H and O–H groups in total. The van der Waals surface area contributed by atoms with Gasteiger partial charge in [-0.25, -0.2) is 0 Å². The number of ether oxygens (including phenoxy) is 1. The minimum atomic E-state index is 0.250. The molecule has 2 heteroatoms. The Kier molecular flexibility index (Phi) is 2.39. The van der Waals surface area contributed by atoms with Crippen LogP contribution in [-0.4, -0.2) is 19.7 Å². The second-order valence-electron chi connectivity index (χ2n) is 2.97. The Hall–Kier alpha value is -0.860. The molecule has 1 aliphatic heterocycles. The highest BCUT2D eigenvalue weighted by Gasteiger charge is 2.14. The summed E-state index contributed by atoms with van der Waals surface area (Å²) in [5.41, 5.74) is 1.27. The second kappa shape index (κ2) is 3.70. The van der Waals surface area contributed by atoms with E-state index in [1.54, 1.807) is 0 Å². The van der Waals surface area contributed by atoms with Crippen LogP contribution >= 0.6 is 0 Å². The SMILES string of the molecule is c1ccc([C@@H]2CNCCO2)cc1. The Balaban J connectivity index is 2.08. The topological polar surface area (TPSA) is 21.3 Å². The zero-order chi connectivity index (χ0) is 8.23. The van der Waals surface area contributed by atoms with Crippen LogP contribution < -0.4 is 5.32 Å². The minimum absolute atomic E-state index is 0.250. The Bertz CT molecular complexity index is 229. The summed E-state index contributed by atoms with van der Waals surface area (Å²) < 4.78 is 5.60. The first-order valence-corrected chi connectivity index (χ1v) is 4.34. The smallest absolute Gasteiger partial charge is 0.0949 e. The molecule has 0 aromatic heterocycles. The van der Waals surface area contributed by atoms with Crippen molar-refractivity contribution in [1.82, 2.24) is 5.32 Å². The summed E-state index contributed by atoms with van der Waals surface area (Å²) in [6, 6.07) is 10.3. The molecule has 2 rings (SSSR count). The molecule has 0 spiro atoms. The molecule has 1 aliphatic rings. The van der Waals surface area contributed by atoms with Crippen molar-refractivity contribution < 1.29 is 4.74 Å². The summed E-state index contributed by atoms with van der Waals surface area (Å²) in [5.74, 6) is 0. The number of hydrogen-bond donors (Lipinski definition) is 1. The van der Waals surface area contributed by atoms with Gasteiger partial charge >= 0.3 is 0 Å². The molecule has 1 aromatic rings.